The fourth-order valence-corrected chi connectivity index (χ4v) is 4.75. The van der Waals surface area contributed by atoms with E-state index < -0.39 is 0 Å². The van der Waals surface area contributed by atoms with Crippen molar-refractivity contribution in [2.24, 2.45) is 0 Å². The van der Waals surface area contributed by atoms with E-state index >= 15 is 0 Å². The van der Waals surface area contributed by atoms with Crippen LogP contribution in [0.4, 0.5) is 0 Å². The van der Waals surface area contributed by atoms with Crippen LogP contribution in [-0.2, 0) is 19.5 Å². The summed E-state index contributed by atoms with van der Waals surface area (Å²) in [6.45, 7) is 1.94. The second kappa shape index (κ2) is 8.30. The maximum Gasteiger partial charge on any atom is 0.255 e. The van der Waals surface area contributed by atoms with Gasteiger partial charge in [0.15, 0.2) is 10.2 Å². The highest BCUT2D eigenvalue weighted by Gasteiger charge is 2.22. The van der Waals surface area contributed by atoms with E-state index in [2.05, 4.69) is 34.8 Å². The number of H-pyrrole nitrogens is 2. The molecule has 10 heteroatoms. The third-order valence-electron chi connectivity index (χ3n) is 5.56. The lowest BCUT2D eigenvalue weighted by Crippen LogP contribution is -2.35. The SMILES string of the molecule is O=c1[nH]c(-c2cncnc2)nc2c1CN(Cc1ccc(Sc3nc4ccccc4[nH]3)o1)CC2. The van der Waals surface area contributed by atoms with E-state index in [0.717, 1.165) is 39.3 Å². The molecule has 5 heterocycles. The van der Waals surface area contributed by atoms with Crippen molar-refractivity contribution in [1.29, 1.82) is 0 Å². The summed E-state index contributed by atoms with van der Waals surface area (Å²) in [7, 11) is 0. The van der Waals surface area contributed by atoms with Crippen LogP contribution in [0.15, 0.2) is 74.6 Å². The number of imidazole rings is 1. The highest BCUT2D eigenvalue weighted by molar-refractivity contribution is 7.99. The molecule has 164 valence electrons. The predicted molar refractivity (Wildman–Crippen MR) is 123 cm³/mol. The molecule has 0 radical (unpaired) electrons. The molecular weight excluding hydrogens is 438 g/mol. The van der Waals surface area contributed by atoms with Crippen LogP contribution in [-0.4, -0.2) is 41.3 Å². The minimum atomic E-state index is -0.121. The standard InChI is InChI=1S/C23H19N7O2S/c31-22-16-12-30(8-7-17(16)26-21(29-22)14-9-24-13-25-10-14)11-15-5-6-20(32-15)33-23-27-18-3-1-2-4-19(18)28-23/h1-6,9-10,13H,7-8,11-12H2,(H,27,28)(H,26,29,31). The molecule has 0 saturated carbocycles. The lowest BCUT2D eigenvalue weighted by atomic mass is 10.1. The number of rotatable bonds is 5. The van der Waals surface area contributed by atoms with E-state index in [1.807, 2.05) is 36.4 Å². The smallest absolute Gasteiger partial charge is 0.255 e. The number of aromatic amines is 2. The zero-order valence-electron chi connectivity index (χ0n) is 17.5. The molecule has 0 atom stereocenters. The van der Waals surface area contributed by atoms with Gasteiger partial charge in [-0.05, 0) is 36.0 Å². The summed E-state index contributed by atoms with van der Waals surface area (Å²) in [5.74, 6) is 1.35. The number of hydrogen-bond donors (Lipinski definition) is 2. The highest BCUT2D eigenvalue weighted by Crippen LogP contribution is 2.29. The Morgan fingerprint density at radius 1 is 1.06 bits per heavy atom. The molecule has 5 aromatic rings. The minimum absolute atomic E-state index is 0.121. The van der Waals surface area contributed by atoms with Gasteiger partial charge in [-0.3, -0.25) is 9.69 Å². The van der Waals surface area contributed by atoms with Crippen molar-refractivity contribution in [2.75, 3.05) is 6.54 Å². The van der Waals surface area contributed by atoms with E-state index in [4.69, 9.17) is 4.42 Å². The second-order valence-corrected chi connectivity index (χ2v) is 8.80. The van der Waals surface area contributed by atoms with Gasteiger partial charge in [-0.15, -0.1) is 0 Å². The first-order chi connectivity index (χ1) is 16.2. The summed E-state index contributed by atoms with van der Waals surface area (Å²) >= 11 is 1.46. The predicted octanol–water partition coefficient (Wildman–Crippen LogP) is 3.41. The average Bonchev–Trinajstić information content (AvgIpc) is 3.46. The Labute approximate surface area is 192 Å². The first-order valence-electron chi connectivity index (χ1n) is 10.5. The van der Waals surface area contributed by atoms with Gasteiger partial charge in [0.25, 0.3) is 5.56 Å². The number of fused-ring (bicyclic) bond motifs is 2. The second-order valence-electron chi connectivity index (χ2n) is 7.81. The third-order valence-corrected chi connectivity index (χ3v) is 6.37. The summed E-state index contributed by atoms with van der Waals surface area (Å²) in [4.78, 5) is 38.3. The largest absolute Gasteiger partial charge is 0.453 e. The van der Waals surface area contributed by atoms with Crippen LogP contribution in [0.2, 0.25) is 0 Å². The van der Waals surface area contributed by atoms with Gasteiger partial charge < -0.3 is 14.4 Å². The van der Waals surface area contributed by atoms with Crippen molar-refractivity contribution in [1.82, 2.24) is 34.8 Å². The van der Waals surface area contributed by atoms with Crippen molar-refractivity contribution >= 4 is 22.8 Å². The van der Waals surface area contributed by atoms with Crippen molar-refractivity contribution in [2.45, 2.75) is 29.8 Å². The molecule has 0 saturated heterocycles. The van der Waals surface area contributed by atoms with Crippen LogP contribution in [0.5, 0.6) is 0 Å². The van der Waals surface area contributed by atoms with Crippen LogP contribution < -0.4 is 5.56 Å². The molecule has 4 aromatic heterocycles. The summed E-state index contributed by atoms with van der Waals surface area (Å²) < 4.78 is 6.03. The molecule has 9 nitrogen and oxygen atoms in total. The molecule has 1 aliphatic heterocycles. The number of nitrogens with one attached hydrogen (secondary N) is 2. The maximum atomic E-state index is 12.7. The number of nitrogens with zero attached hydrogens (tertiary/aromatic N) is 5. The molecule has 2 N–H and O–H groups in total. The van der Waals surface area contributed by atoms with E-state index in [0.29, 0.717) is 36.5 Å². The van der Waals surface area contributed by atoms with Crippen LogP contribution >= 0.6 is 11.8 Å². The molecule has 0 aliphatic carbocycles. The van der Waals surface area contributed by atoms with Gasteiger partial charge in [-0.25, -0.2) is 19.9 Å². The number of para-hydroxylation sites is 2. The van der Waals surface area contributed by atoms with Gasteiger partial charge >= 0.3 is 0 Å². The quantitative estimate of drug-likeness (QED) is 0.412. The van der Waals surface area contributed by atoms with Crippen molar-refractivity contribution in [3.8, 4) is 11.4 Å². The normalized spacial score (nSPS) is 13.9. The number of aromatic nitrogens is 6. The Balaban J connectivity index is 1.15. The molecule has 0 fully saturated rings. The van der Waals surface area contributed by atoms with Gasteiger partial charge in [0.1, 0.15) is 17.9 Å². The Morgan fingerprint density at radius 3 is 2.82 bits per heavy atom. The van der Waals surface area contributed by atoms with Gasteiger partial charge in [-0.1, -0.05) is 12.1 Å². The summed E-state index contributed by atoms with van der Waals surface area (Å²) in [6, 6.07) is 11.9. The first-order valence-corrected chi connectivity index (χ1v) is 11.3. The summed E-state index contributed by atoms with van der Waals surface area (Å²) in [5, 5.41) is 1.57. The molecule has 0 bridgehead atoms. The molecule has 1 aromatic carbocycles. The average molecular weight is 458 g/mol. The molecule has 33 heavy (non-hydrogen) atoms. The van der Waals surface area contributed by atoms with Gasteiger partial charge in [0.05, 0.1) is 34.4 Å². The Morgan fingerprint density at radius 2 is 1.94 bits per heavy atom. The fraction of sp³-hybridized carbons (Fsp3) is 0.174. The van der Waals surface area contributed by atoms with E-state index in [1.54, 1.807) is 12.4 Å². The highest BCUT2D eigenvalue weighted by atomic mass is 32.2. The lowest BCUT2D eigenvalue weighted by molar-refractivity contribution is 0.217. The van der Waals surface area contributed by atoms with Crippen LogP contribution in [0.3, 0.4) is 0 Å². The topological polar surface area (TPSA) is 117 Å². The van der Waals surface area contributed by atoms with Crippen LogP contribution in [0, 0.1) is 0 Å². The number of furan rings is 1. The number of benzene rings is 1. The third kappa shape index (κ3) is 4.06. The minimum Gasteiger partial charge on any atom is -0.453 e. The van der Waals surface area contributed by atoms with E-state index in [9.17, 15) is 4.79 Å². The summed E-state index contributed by atoms with van der Waals surface area (Å²) in [5.41, 5.74) is 4.04. The molecule has 0 spiro atoms. The maximum absolute atomic E-state index is 12.7. The van der Waals surface area contributed by atoms with Gasteiger partial charge in [0, 0.05) is 31.9 Å². The fourth-order valence-electron chi connectivity index (χ4n) is 3.97. The monoisotopic (exact) mass is 457 g/mol. The number of hydrogen-bond acceptors (Lipinski definition) is 8. The molecule has 0 amide bonds. The zero-order valence-corrected chi connectivity index (χ0v) is 18.3. The van der Waals surface area contributed by atoms with Crippen molar-refractivity contribution < 1.29 is 4.42 Å². The van der Waals surface area contributed by atoms with Crippen molar-refractivity contribution in [3.63, 3.8) is 0 Å². The van der Waals surface area contributed by atoms with Gasteiger partial charge in [0.2, 0.25) is 0 Å². The summed E-state index contributed by atoms with van der Waals surface area (Å²) in [6.07, 6.45) is 5.43. The van der Waals surface area contributed by atoms with Crippen LogP contribution in [0.25, 0.3) is 22.4 Å². The lowest BCUT2D eigenvalue weighted by Gasteiger charge is -2.26. The molecule has 1 aliphatic rings. The van der Waals surface area contributed by atoms with Crippen molar-refractivity contribution in [3.05, 3.63) is 82.5 Å². The first kappa shape index (κ1) is 19.9. The Kier molecular flexibility index (Phi) is 5.00. The zero-order chi connectivity index (χ0) is 22.2. The van der Waals surface area contributed by atoms with Crippen LogP contribution in [0.1, 0.15) is 17.0 Å². The molecular formula is C23H19N7O2S. The Hall–Kier alpha value is -3.76. The Bertz CT molecular complexity index is 1460. The molecule has 0 unspecified atom stereocenters. The van der Waals surface area contributed by atoms with Gasteiger partial charge in [-0.2, -0.15) is 0 Å². The van der Waals surface area contributed by atoms with E-state index in [1.165, 1.54) is 18.1 Å². The van der Waals surface area contributed by atoms with E-state index in [-0.39, 0.29) is 5.56 Å². The molecule has 6 rings (SSSR count).